The Morgan fingerprint density at radius 1 is 0.886 bits per heavy atom. The molecular formula is C21H38N8O6. The molecular weight excluding hydrogens is 460 g/mol. The van der Waals surface area contributed by atoms with Crippen LogP contribution in [-0.2, 0) is 25.6 Å². The molecule has 198 valence electrons. The van der Waals surface area contributed by atoms with E-state index in [-0.39, 0.29) is 19.3 Å². The summed E-state index contributed by atoms with van der Waals surface area (Å²) in [7, 11) is 0. The molecule has 0 saturated carbocycles. The first kappa shape index (κ1) is 30.0. The highest BCUT2D eigenvalue weighted by atomic mass is 16.4. The fourth-order valence-electron chi connectivity index (χ4n) is 3.26. The summed E-state index contributed by atoms with van der Waals surface area (Å²) in [4.78, 5) is 56.3. The van der Waals surface area contributed by atoms with Gasteiger partial charge in [-0.1, -0.05) is 0 Å². The number of imidazole rings is 1. The summed E-state index contributed by atoms with van der Waals surface area (Å²) in [5, 5.41) is 25.7. The van der Waals surface area contributed by atoms with Crippen LogP contribution in [0.5, 0.6) is 0 Å². The molecule has 1 heterocycles. The van der Waals surface area contributed by atoms with E-state index in [1.807, 2.05) is 0 Å². The predicted molar refractivity (Wildman–Crippen MR) is 127 cm³/mol. The fourth-order valence-corrected chi connectivity index (χ4v) is 3.26. The highest BCUT2D eigenvalue weighted by Crippen LogP contribution is 2.07. The first-order chi connectivity index (χ1) is 16.7. The minimum absolute atomic E-state index is 0.185. The van der Waals surface area contributed by atoms with E-state index in [0.29, 0.717) is 44.5 Å². The van der Waals surface area contributed by atoms with Crippen molar-refractivity contribution in [3.05, 3.63) is 18.2 Å². The van der Waals surface area contributed by atoms with Crippen molar-refractivity contribution in [1.82, 2.24) is 25.9 Å². The summed E-state index contributed by atoms with van der Waals surface area (Å²) in [6.45, 7) is -0.0251. The van der Waals surface area contributed by atoms with Crippen LogP contribution in [0.25, 0.3) is 0 Å². The maximum Gasteiger partial charge on any atom is 0.328 e. The minimum atomic E-state index is -1.52. The van der Waals surface area contributed by atoms with Gasteiger partial charge in [0.1, 0.15) is 18.1 Å². The second-order valence-electron chi connectivity index (χ2n) is 8.16. The van der Waals surface area contributed by atoms with Crippen LogP contribution in [0.4, 0.5) is 0 Å². The first-order valence-electron chi connectivity index (χ1n) is 11.6. The number of unbranched alkanes of at least 4 members (excludes halogenated alkanes) is 2. The number of aromatic nitrogens is 2. The van der Waals surface area contributed by atoms with E-state index < -0.39 is 54.5 Å². The van der Waals surface area contributed by atoms with Crippen molar-refractivity contribution in [2.45, 2.75) is 69.1 Å². The Kier molecular flexibility index (Phi) is 14.2. The number of nitrogens with one attached hydrogen (secondary N) is 4. The van der Waals surface area contributed by atoms with Gasteiger partial charge in [0.2, 0.25) is 17.7 Å². The van der Waals surface area contributed by atoms with Gasteiger partial charge in [0.15, 0.2) is 0 Å². The number of hydrogen-bond donors (Lipinski definition) is 9. The van der Waals surface area contributed by atoms with Gasteiger partial charge in [-0.3, -0.25) is 14.4 Å². The zero-order chi connectivity index (χ0) is 26.2. The Balaban J connectivity index is 2.91. The maximum atomic E-state index is 13.1. The molecule has 1 rings (SSSR count). The number of aliphatic hydroxyl groups is 1. The molecule has 14 nitrogen and oxygen atoms in total. The number of carbonyl (C=O) groups is 4. The van der Waals surface area contributed by atoms with Gasteiger partial charge < -0.3 is 48.3 Å². The third-order valence-corrected chi connectivity index (χ3v) is 5.29. The molecule has 1 aromatic rings. The van der Waals surface area contributed by atoms with Crippen molar-refractivity contribution in [3.8, 4) is 0 Å². The van der Waals surface area contributed by atoms with E-state index in [9.17, 15) is 24.3 Å². The number of carbonyl (C=O) groups excluding carboxylic acids is 3. The molecule has 12 N–H and O–H groups in total. The third kappa shape index (κ3) is 11.3. The van der Waals surface area contributed by atoms with Crippen molar-refractivity contribution in [1.29, 1.82) is 0 Å². The molecule has 0 radical (unpaired) electrons. The molecule has 0 spiro atoms. The van der Waals surface area contributed by atoms with E-state index >= 15 is 0 Å². The lowest BCUT2D eigenvalue weighted by Crippen LogP contribution is -2.57. The number of carboxylic acids is 1. The molecule has 0 aromatic carbocycles. The molecule has 0 bridgehead atoms. The Hall–Kier alpha value is -3.07. The number of hydrogen-bond acceptors (Lipinski definition) is 9. The molecule has 4 unspecified atom stereocenters. The number of H-pyrrole nitrogens is 1. The van der Waals surface area contributed by atoms with Gasteiger partial charge >= 0.3 is 5.97 Å². The van der Waals surface area contributed by atoms with Crippen LogP contribution in [0.15, 0.2) is 12.5 Å². The second kappa shape index (κ2) is 16.5. The van der Waals surface area contributed by atoms with Crippen molar-refractivity contribution in [2.24, 2.45) is 17.2 Å². The summed E-state index contributed by atoms with van der Waals surface area (Å²) in [5.74, 6) is -3.35. The Morgan fingerprint density at radius 2 is 1.40 bits per heavy atom. The molecule has 0 aliphatic rings. The number of nitrogens with two attached hydrogens (primary N) is 3. The maximum absolute atomic E-state index is 13.1. The van der Waals surface area contributed by atoms with Crippen LogP contribution in [0.1, 0.15) is 44.2 Å². The number of aliphatic carboxylic acids is 1. The van der Waals surface area contributed by atoms with Crippen molar-refractivity contribution >= 4 is 23.7 Å². The van der Waals surface area contributed by atoms with E-state index in [2.05, 4.69) is 25.9 Å². The molecule has 3 amide bonds. The number of aromatic amines is 1. The molecule has 0 aliphatic heterocycles. The van der Waals surface area contributed by atoms with Gasteiger partial charge in [0.25, 0.3) is 0 Å². The topological polar surface area (TPSA) is 252 Å². The number of nitrogens with zero attached hydrogens (tertiary/aromatic N) is 1. The van der Waals surface area contributed by atoms with Crippen LogP contribution in [-0.4, -0.2) is 87.7 Å². The van der Waals surface area contributed by atoms with Crippen molar-refractivity contribution in [3.63, 3.8) is 0 Å². The van der Waals surface area contributed by atoms with Gasteiger partial charge in [-0.2, -0.15) is 0 Å². The molecule has 14 heteroatoms. The van der Waals surface area contributed by atoms with Gasteiger partial charge in [0, 0.05) is 18.3 Å². The van der Waals surface area contributed by atoms with Crippen molar-refractivity contribution in [2.75, 3.05) is 19.7 Å². The number of amides is 3. The Bertz CT molecular complexity index is 791. The third-order valence-electron chi connectivity index (χ3n) is 5.29. The highest BCUT2D eigenvalue weighted by molar-refractivity contribution is 5.94. The van der Waals surface area contributed by atoms with Crippen LogP contribution < -0.4 is 33.2 Å². The monoisotopic (exact) mass is 498 g/mol. The van der Waals surface area contributed by atoms with Crippen LogP contribution in [0.3, 0.4) is 0 Å². The summed E-state index contributed by atoms with van der Waals surface area (Å²) in [6.07, 6.45) is 5.88. The summed E-state index contributed by atoms with van der Waals surface area (Å²) in [6, 6.07) is -4.53. The van der Waals surface area contributed by atoms with E-state index in [0.717, 1.165) is 0 Å². The van der Waals surface area contributed by atoms with Crippen LogP contribution in [0, 0.1) is 0 Å². The van der Waals surface area contributed by atoms with Gasteiger partial charge in [-0.15, -0.1) is 0 Å². The Labute approximate surface area is 203 Å². The standard InChI is InChI=1S/C21H38N8O6/c22-7-3-1-5-15(27-18(31)14(24)9-13-10-25-12-26-13)19(32)28-16(6-2-4-8-23)20(33)29-17(11-30)21(34)35/h10,12,14-17,30H,1-9,11,22-24H2,(H,25,26)(H,27,31)(H,28,32)(H,29,33)(H,34,35). The smallest absolute Gasteiger partial charge is 0.328 e. The quantitative estimate of drug-likeness (QED) is 0.0931. The average molecular weight is 499 g/mol. The first-order valence-corrected chi connectivity index (χ1v) is 11.6. The lowest BCUT2D eigenvalue weighted by atomic mass is 10.0. The minimum Gasteiger partial charge on any atom is -0.480 e. The summed E-state index contributed by atoms with van der Waals surface area (Å²) >= 11 is 0. The number of aliphatic hydroxyl groups excluding tert-OH is 1. The molecule has 0 aliphatic carbocycles. The zero-order valence-electron chi connectivity index (χ0n) is 19.7. The largest absolute Gasteiger partial charge is 0.480 e. The summed E-state index contributed by atoms with van der Waals surface area (Å²) in [5.41, 5.74) is 17.7. The molecule has 1 aromatic heterocycles. The van der Waals surface area contributed by atoms with Gasteiger partial charge in [-0.25, -0.2) is 9.78 Å². The zero-order valence-corrected chi connectivity index (χ0v) is 19.7. The normalized spacial score (nSPS) is 14.4. The lowest BCUT2D eigenvalue weighted by Gasteiger charge is -2.25. The van der Waals surface area contributed by atoms with E-state index in [1.165, 1.54) is 6.33 Å². The predicted octanol–water partition coefficient (Wildman–Crippen LogP) is -2.93. The van der Waals surface area contributed by atoms with Crippen LogP contribution >= 0.6 is 0 Å². The van der Waals surface area contributed by atoms with Gasteiger partial charge in [0.05, 0.1) is 19.0 Å². The highest BCUT2D eigenvalue weighted by Gasteiger charge is 2.30. The molecule has 0 saturated heterocycles. The van der Waals surface area contributed by atoms with Crippen molar-refractivity contribution < 1.29 is 29.4 Å². The van der Waals surface area contributed by atoms with Crippen LogP contribution in [0.2, 0.25) is 0 Å². The number of rotatable bonds is 18. The molecule has 35 heavy (non-hydrogen) atoms. The number of carboxylic acid groups (broad SMARTS) is 1. The lowest BCUT2D eigenvalue weighted by molar-refractivity contribution is -0.143. The fraction of sp³-hybridized carbons (Fsp3) is 0.667. The molecule has 0 fully saturated rings. The summed E-state index contributed by atoms with van der Waals surface area (Å²) < 4.78 is 0. The molecule has 4 atom stereocenters. The Morgan fingerprint density at radius 3 is 1.83 bits per heavy atom. The van der Waals surface area contributed by atoms with E-state index in [4.69, 9.17) is 22.3 Å². The average Bonchev–Trinajstić information content (AvgIpc) is 3.33. The van der Waals surface area contributed by atoms with E-state index in [1.54, 1.807) is 6.20 Å². The van der Waals surface area contributed by atoms with Gasteiger partial charge in [-0.05, 0) is 51.6 Å². The second-order valence-corrected chi connectivity index (χ2v) is 8.16. The SMILES string of the molecule is NCCCCC(NC(=O)C(N)Cc1cnc[nH]1)C(=O)NC(CCCCN)C(=O)NC(CO)C(=O)O.